The molecule has 1 saturated heterocycles. The van der Waals surface area contributed by atoms with Gasteiger partial charge in [-0.15, -0.1) is 0 Å². The van der Waals surface area contributed by atoms with Crippen LogP contribution in [0.1, 0.15) is 19.3 Å². The molecule has 2 amide bonds. The van der Waals surface area contributed by atoms with Crippen LogP contribution in [0.25, 0.3) is 10.8 Å². The molecule has 0 spiro atoms. The van der Waals surface area contributed by atoms with Gasteiger partial charge in [0.25, 0.3) is 0 Å². The first-order chi connectivity index (χ1) is 10.3. The van der Waals surface area contributed by atoms with Crippen molar-refractivity contribution in [1.82, 2.24) is 4.90 Å². The molecule has 108 valence electrons. The van der Waals surface area contributed by atoms with Gasteiger partial charge in [-0.25, -0.2) is 0 Å². The number of carbonyl (C=O) groups excluding carboxylic acids is 2. The number of amides is 2. The number of likely N-dealkylation sites (tertiary alicyclic amines) is 1. The lowest BCUT2D eigenvalue weighted by molar-refractivity contribution is -0.143. The van der Waals surface area contributed by atoms with Crippen LogP contribution in [0.5, 0.6) is 0 Å². The second-order valence-electron chi connectivity index (χ2n) is 5.33. The first-order valence-corrected chi connectivity index (χ1v) is 7.34. The summed E-state index contributed by atoms with van der Waals surface area (Å²) in [5.74, 6) is -0.976. The zero-order valence-electron chi connectivity index (χ0n) is 11.8. The van der Waals surface area contributed by atoms with Gasteiger partial charge in [-0.3, -0.25) is 9.59 Å². The molecule has 2 aromatic carbocycles. The van der Waals surface area contributed by atoms with Gasteiger partial charge in [0.2, 0.25) is 0 Å². The highest BCUT2D eigenvalue weighted by Crippen LogP contribution is 2.23. The lowest BCUT2D eigenvalue weighted by atomic mass is 10.1. The van der Waals surface area contributed by atoms with Crippen LogP contribution in [0.4, 0.5) is 5.69 Å². The van der Waals surface area contributed by atoms with Crippen molar-refractivity contribution in [3.63, 3.8) is 0 Å². The van der Waals surface area contributed by atoms with Gasteiger partial charge < -0.3 is 10.2 Å². The van der Waals surface area contributed by atoms with E-state index in [0.717, 1.165) is 30.0 Å². The average molecular weight is 282 g/mol. The quantitative estimate of drug-likeness (QED) is 0.818. The first-order valence-electron chi connectivity index (χ1n) is 7.34. The molecule has 21 heavy (non-hydrogen) atoms. The summed E-state index contributed by atoms with van der Waals surface area (Å²) in [7, 11) is 0. The average Bonchev–Trinajstić information content (AvgIpc) is 2.55. The predicted molar refractivity (Wildman–Crippen MR) is 83.0 cm³/mol. The zero-order chi connectivity index (χ0) is 14.7. The Hall–Kier alpha value is -2.36. The summed E-state index contributed by atoms with van der Waals surface area (Å²) in [6, 6.07) is 13.5. The van der Waals surface area contributed by atoms with Gasteiger partial charge in [0.15, 0.2) is 0 Å². The van der Waals surface area contributed by atoms with E-state index in [-0.39, 0.29) is 0 Å². The second-order valence-corrected chi connectivity index (χ2v) is 5.33. The van der Waals surface area contributed by atoms with Crippen molar-refractivity contribution in [1.29, 1.82) is 0 Å². The molecule has 0 radical (unpaired) electrons. The molecule has 0 aromatic heterocycles. The molecule has 1 N–H and O–H groups in total. The predicted octanol–water partition coefficient (Wildman–Crippen LogP) is 2.79. The van der Waals surface area contributed by atoms with Gasteiger partial charge in [0.05, 0.1) is 0 Å². The number of hydrogen-bond acceptors (Lipinski definition) is 2. The molecule has 0 saturated carbocycles. The minimum Gasteiger partial charge on any atom is -0.334 e. The third-order valence-electron chi connectivity index (χ3n) is 3.88. The Balaban J connectivity index is 1.78. The molecule has 0 atom stereocenters. The largest absolute Gasteiger partial charge is 0.334 e. The summed E-state index contributed by atoms with van der Waals surface area (Å²) in [5.41, 5.74) is 0.684. The zero-order valence-corrected chi connectivity index (χ0v) is 11.8. The molecule has 1 heterocycles. The maximum atomic E-state index is 12.2. The maximum Gasteiger partial charge on any atom is 0.313 e. The number of carbonyl (C=O) groups is 2. The Morgan fingerprint density at radius 1 is 0.905 bits per heavy atom. The number of piperidine rings is 1. The van der Waals surface area contributed by atoms with Gasteiger partial charge in [-0.05, 0) is 30.7 Å². The van der Waals surface area contributed by atoms with E-state index in [1.807, 2.05) is 42.5 Å². The molecular weight excluding hydrogens is 264 g/mol. The van der Waals surface area contributed by atoms with Crippen LogP contribution < -0.4 is 5.32 Å². The van der Waals surface area contributed by atoms with Crippen molar-refractivity contribution in [2.24, 2.45) is 0 Å². The fraction of sp³-hybridized carbons (Fsp3) is 0.294. The number of anilines is 1. The number of fused-ring (bicyclic) bond motifs is 1. The van der Waals surface area contributed by atoms with Crippen molar-refractivity contribution in [2.75, 3.05) is 18.4 Å². The van der Waals surface area contributed by atoms with E-state index in [4.69, 9.17) is 0 Å². The van der Waals surface area contributed by atoms with E-state index in [9.17, 15) is 9.59 Å². The van der Waals surface area contributed by atoms with Crippen molar-refractivity contribution in [2.45, 2.75) is 19.3 Å². The van der Waals surface area contributed by atoms with Gasteiger partial charge in [0.1, 0.15) is 0 Å². The molecule has 4 nitrogen and oxygen atoms in total. The summed E-state index contributed by atoms with van der Waals surface area (Å²) < 4.78 is 0. The summed E-state index contributed by atoms with van der Waals surface area (Å²) in [5, 5.41) is 4.74. The SMILES string of the molecule is O=C(Nc1cccc2ccccc12)C(=O)N1CCCCC1. The van der Waals surface area contributed by atoms with Crippen molar-refractivity contribution in [3.05, 3.63) is 42.5 Å². The van der Waals surface area contributed by atoms with E-state index in [1.165, 1.54) is 0 Å². The Kier molecular flexibility index (Phi) is 3.86. The Morgan fingerprint density at radius 3 is 2.43 bits per heavy atom. The van der Waals surface area contributed by atoms with E-state index in [0.29, 0.717) is 18.8 Å². The molecule has 0 aliphatic carbocycles. The number of nitrogens with one attached hydrogen (secondary N) is 1. The lowest BCUT2D eigenvalue weighted by Gasteiger charge is -2.26. The lowest BCUT2D eigenvalue weighted by Crippen LogP contribution is -2.42. The van der Waals surface area contributed by atoms with E-state index < -0.39 is 11.8 Å². The summed E-state index contributed by atoms with van der Waals surface area (Å²) >= 11 is 0. The number of hydrogen-bond donors (Lipinski definition) is 1. The van der Waals surface area contributed by atoms with Crippen molar-refractivity contribution in [3.8, 4) is 0 Å². The summed E-state index contributed by atoms with van der Waals surface area (Å²) in [4.78, 5) is 25.9. The molecule has 4 heteroatoms. The molecule has 1 aliphatic heterocycles. The highest BCUT2D eigenvalue weighted by molar-refractivity contribution is 6.40. The van der Waals surface area contributed by atoms with E-state index >= 15 is 0 Å². The van der Waals surface area contributed by atoms with Gasteiger partial charge in [-0.1, -0.05) is 36.4 Å². The second kappa shape index (κ2) is 5.95. The van der Waals surface area contributed by atoms with Crippen LogP contribution >= 0.6 is 0 Å². The Bertz CT molecular complexity index is 670. The molecule has 1 fully saturated rings. The minimum absolute atomic E-state index is 0.428. The first kappa shape index (κ1) is 13.6. The molecule has 0 unspecified atom stereocenters. The normalized spacial score (nSPS) is 15.0. The van der Waals surface area contributed by atoms with Crippen molar-refractivity contribution >= 4 is 28.3 Å². The van der Waals surface area contributed by atoms with Crippen LogP contribution in [0.2, 0.25) is 0 Å². The van der Waals surface area contributed by atoms with Crippen LogP contribution in [0.15, 0.2) is 42.5 Å². The van der Waals surface area contributed by atoms with Crippen LogP contribution in [0.3, 0.4) is 0 Å². The standard InChI is InChI=1S/C17H18N2O2/c20-16(17(21)19-11-4-1-5-12-19)18-15-10-6-8-13-7-2-3-9-14(13)15/h2-3,6-10H,1,4-5,11-12H2,(H,18,20). The Morgan fingerprint density at radius 2 is 1.62 bits per heavy atom. The fourth-order valence-corrected chi connectivity index (χ4v) is 2.75. The fourth-order valence-electron chi connectivity index (χ4n) is 2.75. The maximum absolute atomic E-state index is 12.2. The molecule has 2 aromatic rings. The van der Waals surface area contributed by atoms with Gasteiger partial charge >= 0.3 is 11.8 Å². The number of rotatable bonds is 1. The molecule has 3 rings (SSSR count). The monoisotopic (exact) mass is 282 g/mol. The molecular formula is C17H18N2O2. The van der Waals surface area contributed by atoms with Crippen molar-refractivity contribution < 1.29 is 9.59 Å². The van der Waals surface area contributed by atoms with Crippen LogP contribution in [0, 0.1) is 0 Å². The van der Waals surface area contributed by atoms with E-state index in [1.54, 1.807) is 4.90 Å². The number of nitrogens with zero attached hydrogens (tertiary/aromatic N) is 1. The topological polar surface area (TPSA) is 49.4 Å². The highest BCUT2D eigenvalue weighted by atomic mass is 16.2. The highest BCUT2D eigenvalue weighted by Gasteiger charge is 2.23. The van der Waals surface area contributed by atoms with Gasteiger partial charge in [0, 0.05) is 24.2 Å². The minimum atomic E-state index is -0.548. The van der Waals surface area contributed by atoms with Crippen LogP contribution in [-0.4, -0.2) is 29.8 Å². The van der Waals surface area contributed by atoms with E-state index in [2.05, 4.69) is 5.32 Å². The van der Waals surface area contributed by atoms with Gasteiger partial charge in [-0.2, -0.15) is 0 Å². The molecule has 0 bridgehead atoms. The number of benzene rings is 2. The molecule has 1 aliphatic rings. The summed E-state index contributed by atoms with van der Waals surface area (Å²) in [6.07, 6.45) is 3.09. The summed E-state index contributed by atoms with van der Waals surface area (Å²) in [6.45, 7) is 1.36. The third kappa shape index (κ3) is 2.89. The van der Waals surface area contributed by atoms with Crippen LogP contribution in [-0.2, 0) is 9.59 Å². The third-order valence-corrected chi connectivity index (χ3v) is 3.88. The Labute approximate surface area is 123 Å². The smallest absolute Gasteiger partial charge is 0.313 e.